The summed E-state index contributed by atoms with van der Waals surface area (Å²) in [6.45, 7) is 4.40. The number of nitrogens with zero attached hydrogens (tertiary/aromatic N) is 4. The molecule has 1 unspecified atom stereocenters. The van der Waals surface area contributed by atoms with Crippen molar-refractivity contribution >= 4 is 28.6 Å². The smallest absolute Gasteiger partial charge is 0.253 e. The van der Waals surface area contributed by atoms with Crippen LogP contribution in [0.2, 0.25) is 0 Å². The van der Waals surface area contributed by atoms with E-state index in [0.717, 1.165) is 17.7 Å². The van der Waals surface area contributed by atoms with Crippen molar-refractivity contribution in [3.8, 4) is 17.2 Å². The van der Waals surface area contributed by atoms with Crippen LogP contribution in [0.5, 0.6) is 17.2 Å². The van der Waals surface area contributed by atoms with Gasteiger partial charge in [-0.3, -0.25) is 4.79 Å². The zero-order valence-corrected chi connectivity index (χ0v) is 22.5. The van der Waals surface area contributed by atoms with Gasteiger partial charge in [0.1, 0.15) is 17.7 Å². The lowest BCUT2D eigenvalue weighted by Gasteiger charge is -2.35. The number of piperazine rings is 1. The van der Waals surface area contributed by atoms with Crippen molar-refractivity contribution < 1.29 is 19.0 Å². The van der Waals surface area contributed by atoms with Crippen LogP contribution in [0.25, 0.3) is 10.9 Å². The van der Waals surface area contributed by atoms with E-state index in [0.29, 0.717) is 65.9 Å². The SMILES string of the molecule is CCC(Oc1ccc(C(=O)N2CCN(c3nc(N)c4cc(OC)c(OC)cc4n3)CC2)cc1)c1ccccc1. The Morgan fingerprint density at radius 1 is 0.923 bits per heavy atom. The van der Waals surface area contributed by atoms with Crippen LogP contribution >= 0.6 is 0 Å². The van der Waals surface area contributed by atoms with E-state index in [1.54, 1.807) is 26.4 Å². The molecule has 2 N–H and O–H groups in total. The van der Waals surface area contributed by atoms with E-state index < -0.39 is 0 Å². The van der Waals surface area contributed by atoms with Gasteiger partial charge in [-0.1, -0.05) is 37.3 Å². The van der Waals surface area contributed by atoms with Crippen LogP contribution in [0.1, 0.15) is 35.4 Å². The summed E-state index contributed by atoms with van der Waals surface area (Å²) < 4.78 is 17.0. The summed E-state index contributed by atoms with van der Waals surface area (Å²) in [7, 11) is 3.16. The molecule has 1 fully saturated rings. The fraction of sp³-hybridized carbons (Fsp3) is 0.300. The number of carbonyl (C=O) groups excluding carboxylic acids is 1. The Morgan fingerprint density at radius 3 is 2.23 bits per heavy atom. The van der Waals surface area contributed by atoms with Crippen molar-refractivity contribution in [2.24, 2.45) is 0 Å². The number of hydrogen-bond acceptors (Lipinski definition) is 8. The molecule has 3 aromatic carbocycles. The van der Waals surface area contributed by atoms with Gasteiger partial charge >= 0.3 is 0 Å². The lowest BCUT2D eigenvalue weighted by molar-refractivity contribution is 0.0746. The molecule has 0 saturated carbocycles. The minimum absolute atomic E-state index is 0.00734. The monoisotopic (exact) mass is 527 g/mol. The number of nitrogen functional groups attached to an aromatic ring is 1. The molecule has 1 saturated heterocycles. The molecule has 1 aliphatic rings. The molecule has 9 nitrogen and oxygen atoms in total. The molecule has 0 bridgehead atoms. The maximum absolute atomic E-state index is 13.2. The third-order valence-corrected chi connectivity index (χ3v) is 6.99. The van der Waals surface area contributed by atoms with Crippen LogP contribution in [0.4, 0.5) is 11.8 Å². The Balaban J connectivity index is 1.23. The number of rotatable bonds is 8. The average Bonchev–Trinajstić information content (AvgIpc) is 2.99. The largest absolute Gasteiger partial charge is 0.493 e. The van der Waals surface area contributed by atoms with Crippen LogP contribution in [-0.4, -0.2) is 61.2 Å². The summed E-state index contributed by atoms with van der Waals surface area (Å²) in [5.74, 6) is 2.78. The second kappa shape index (κ2) is 11.5. The highest BCUT2D eigenvalue weighted by molar-refractivity contribution is 5.94. The van der Waals surface area contributed by atoms with Crippen molar-refractivity contribution in [1.29, 1.82) is 0 Å². The molecule has 1 amide bonds. The molecule has 0 radical (unpaired) electrons. The molecular weight excluding hydrogens is 494 g/mol. The van der Waals surface area contributed by atoms with E-state index in [2.05, 4.69) is 24.0 Å². The second-order valence-corrected chi connectivity index (χ2v) is 9.36. The molecule has 1 aliphatic heterocycles. The van der Waals surface area contributed by atoms with E-state index in [4.69, 9.17) is 24.9 Å². The van der Waals surface area contributed by atoms with Gasteiger partial charge in [-0.25, -0.2) is 4.98 Å². The molecule has 202 valence electrons. The van der Waals surface area contributed by atoms with Gasteiger partial charge in [0.05, 0.1) is 19.7 Å². The quantitative estimate of drug-likeness (QED) is 0.351. The number of aromatic nitrogens is 2. The summed E-state index contributed by atoms with van der Waals surface area (Å²) in [5, 5.41) is 0.701. The number of ether oxygens (including phenoxy) is 3. The Morgan fingerprint density at radius 2 is 1.59 bits per heavy atom. The predicted molar refractivity (Wildman–Crippen MR) is 152 cm³/mol. The first kappa shape index (κ1) is 26.1. The van der Waals surface area contributed by atoms with Crippen molar-refractivity contribution in [3.05, 3.63) is 77.9 Å². The number of nitrogens with two attached hydrogens (primary N) is 1. The fourth-order valence-corrected chi connectivity index (χ4v) is 4.80. The summed E-state index contributed by atoms with van der Waals surface area (Å²) >= 11 is 0. The number of fused-ring (bicyclic) bond motifs is 1. The number of methoxy groups -OCH3 is 2. The van der Waals surface area contributed by atoms with Gasteiger partial charge in [0.15, 0.2) is 11.5 Å². The van der Waals surface area contributed by atoms with Crippen LogP contribution in [-0.2, 0) is 0 Å². The van der Waals surface area contributed by atoms with Crippen molar-refractivity contribution in [2.45, 2.75) is 19.4 Å². The molecule has 0 aliphatic carbocycles. The fourth-order valence-electron chi connectivity index (χ4n) is 4.80. The zero-order chi connectivity index (χ0) is 27.4. The van der Waals surface area contributed by atoms with Gasteiger partial charge in [-0.2, -0.15) is 4.98 Å². The van der Waals surface area contributed by atoms with Crippen molar-refractivity contribution in [2.75, 3.05) is 51.0 Å². The van der Waals surface area contributed by atoms with Crippen LogP contribution in [0.3, 0.4) is 0 Å². The van der Waals surface area contributed by atoms with Gasteiger partial charge in [-0.05, 0) is 42.3 Å². The van der Waals surface area contributed by atoms with Gasteiger partial charge in [-0.15, -0.1) is 0 Å². The maximum Gasteiger partial charge on any atom is 0.253 e. The first-order valence-electron chi connectivity index (χ1n) is 13.1. The molecule has 39 heavy (non-hydrogen) atoms. The molecule has 4 aromatic rings. The Kier molecular flexibility index (Phi) is 7.67. The minimum atomic E-state index is -0.0321. The predicted octanol–water partition coefficient (Wildman–Crippen LogP) is 4.72. The third kappa shape index (κ3) is 5.52. The maximum atomic E-state index is 13.2. The molecule has 1 atom stereocenters. The molecule has 0 spiro atoms. The molecule has 5 rings (SSSR count). The lowest BCUT2D eigenvalue weighted by atomic mass is 10.1. The number of benzene rings is 3. The van der Waals surface area contributed by atoms with E-state index in [-0.39, 0.29) is 12.0 Å². The highest BCUT2D eigenvalue weighted by atomic mass is 16.5. The minimum Gasteiger partial charge on any atom is -0.493 e. The van der Waals surface area contributed by atoms with Gasteiger partial charge in [0.25, 0.3) is 5.91 Å². The molecular formula is C30H33N5O4. The zero-order valence-electron chi connectivity index (χ0n) is 22.5. The first-order chi connectivity index (χ1) is 19.0. The summed E-state index contributed by atoms with van der Waals surface area (Å²) in [4.78, 5) is 26.3. The van der Waals surface area contributed by atoms with E-state index >= 15 is 0 Å². The topological polar surface area (TPSA) is 103 Å². The highest BCUT2D eigenvalue weighted by Crippen LogP contribution is 2.34. The van der Waals surface area contributed by atoms with Crippen molar-refractivity contribution in [3.63, 3.8) is 0 Å². The van der Waals surface area contributed by atoms with Gasteiger partial charge < -0.3 is 29.7 Å². The normalized spacial score (nSPS) is 14.2. The number of hydrogen-bond donors (Lipinski definition) is 1. The van der Waals surface area contributed by atoms with Crippen LogP contribution in [0, 0.1) is 0 Å². The molecule has 9 heteroatoms. The Bertz CT molecular complexity index is 1440. The van der Waals surface area contributed by atoms with E-state index in [9.17, 15) is 4.79 Å². The molecule has 2 heterocycles. The van der Waals surface area contributed by atoms with Gasteiger partial charge in [0, 0.05) is 43.2 Å². The van der Waals surface area contributed by atoms with Crippen LogP contribution < -0.4 is 24.8 Å². The van der Waals surface area contributed by atoms with Gasteiger partial charge in [0.2, 0.25) is 5.95 Å². The third-order valence-electron chi connectivity index (χ3n) is 6.99. The average molecular weight is 528 g/mol. The lowest BCUT2D eigenvalue weighted by Crippen LogP contribution is -2.49. The first-order valence-corrected chi connectivity index (χ1v) is 13.1. The number of amides is 1. The van der Waals surface area contributed by atoms with E-state index in [1.165, 1.54) is 0 Å². The van der Waals surface area contributed by atoms with Crippen LogP contribution in [0.15, 0.2) is 66.7 Å². The second-order valence-electron chi connectivity index (χ2n) is 9.36. The van der Waals surface area contributed by atoms with Crippen molar-refractivity contribution in [1.82, 2.24) is 14.9 Å². The number of carbonyl (C=O) groups is 1. The van der Waals surface area contributed by atoms with E-state index in [1.807, 2.05) is 52.3 Å². The number of anilines is 2. The summed E-state index contributed by atoms with van der Waals surface area (Å²) in [5.41, 5.74) is 8.71. The Labute approximate surface area is 228 Å². The Hall–Kier alpha value is -4.53. The highest BCUT2D eigenvalue weighted by Gasteiger charge is 2.25. The standard InChI is InChI=1S/C30H33N5O4/c1-4-25(20-8-6-5-7-9-20)39-22-12-10-21(11-13-22)29(36)34-14-16-35(17-15-34)30-32-24-19-27(38-3)26(37-2)18-23(24)28(31)33-30/h5-13,18-19,25H,4,14-17H2,1-3H3,(H2,31,32,33). The molecule has 1 aromatic heterocycles. The summed E-state index contributed by atoms with van der Waals surface area (Å²) in [6.07, 6.45) is 0.818. The summed E-state index contributed by atoms with van der Waals surface area (Å²) in [6, 6.07) is 21.1.